The zero-order valence-corrected chi connectivity index (χ0v) is 47.4. The molecule has 0 N–H and O–H groups in total. The van der Waals surface area contributed by atoms with E-state index in [4.69, 9.17) is 9.97 Å². The zero-order valence-electron chi connectivity index (χ0n) is 47.4. The number of rotatable bonds is 19. The van der Waals surface area contributed by atoms with E-state index < -0.39 is 0 Å². The Labute approximate surface area is 494 Å². The van der Waals surface area contributed by atoms with Gasteiger partial charge >= 0.3 is 0 Å². The molecule has 11 aromatic carbocycles. The SMILES string of the molecule is C=CCc1ccccc1N(CC=C)c1ccc(N(c2ccccc2)c2ccc(-c3nc4cccc(-c5ccc(-c6ccccc6)cc5)c4nc3-c3ccc(N(c4ccccc4)c4ccc(N(C)c5ccccc5/C=C/C)cc4)cc3)cc2)cc1. The lowest BCUT2D eigenvalue weighted by atomic mass is 9.98. The van der Waals surface area contributed by atoms with E-state index in [9.17, 15) is 0 Å². The van der Waals surface area contributed by atoms with Crippen LogP contribution in [-0.2, 0) is 6.42 Å². The van der Waals surface area contributed by atoms with E-state index in [1.54, 1.807) is 0 Å². The van der Waals surface area contributed by atoms with Gasteiger partial charge in [-0.25, -0.2) is 9.97 Å². The molecule has 406 valence electrons. The van der Waals surface area contributed by atoms with Gasteiger partial charge in [0.05, 0.1) is 22.4 Å². The Morgan fingerprint density at radius 3 is 1.37 bits per heavy atom. The van der Waals surface area contributed by atoms with Crippen molar-refractivity contribution in [3.8, 4) is 44.8 Å². The van der Waals surface area contributed by atoms with Crippen molar-refractivity contribution in [2.24, 2.45) is 0 Å². The van der Waals surface area contributed by atoms with Gasteiger partial charge in [0.15, 0.2) is 0 Å². The first kappa shape index (κ1) is 53.8. The van der Waals surface area contributed by atoms with Crippen LogP contribution < -0.4 is 19.6 Å². The molecule has 1 heterocycles. The molecule has 0 saturated heterocycles. The van der Waals surface area contributed by atoms with Gasteiger partial charge in [-0.1, -0.05) is 188 Å². The van der Waals surface area contributed by atoms with E-state index in [0.29, 0.717) is 6.54 Å². The van der Waals surface area contributed by atoms with Gasteiger partial charge in [0.2, 0.25) is 0 Å². The Kier molecular flexibility index (Phi) is 16.0. The average Bonchev–Trinajstić information content (AvgIpc) is 2.50. The Balaban J connectivity index is 0.932. The molecule has 0 bridgehead atoms. The van der Waals surface area contributed by atoms with Gasteiger partial charge in [-0.05, 0) is 156 Å². The summed E-state index contributed by atoms with van der Waals surface area (Å²) >= 11 is 0. The van der Waals surface area contributed by atoms with Crippen molar-refractivity contribution >= 4 is 74.0 Å². The lowest BCUT2D eigenvalue weighted by Gasteiger charge is -2.28. The van der Waals surface area contributed by atoms with Crippen LogP contribution in [0.3, 0.4) is 0 Å². The third-order valence-corrected chi connectivity index (χ3v) is 15.3. The monoisotopic (exact) mass is 1080 g/mol. The normalized spacial score (nSPS) is 11.1. The standard InChI is InChI=1S/C78H64N6/c1-5-22-60-26-17-19-34-74(60)81(4)64-48-52-70(53-49-64)83(66-28-13-9-14-29-66)69-46-42-63(43-47-69)77-76(79-73-33-21-32-72(78(73)80-77)59-38-36-58(37-39-59)57-24-11-8-12-25-57)62-40-44-68(45-41-62)84(67-30-15-10-16-31-67)71-54-50-65(51-55-71)82(56-7-3)75-35-20-18-27-61(75)23-6-2/h5-22,24-55H,2-3,23,56H2,1,4H3/b22-5+. The fourth-order valence-electron chi connectivity index (χ4n) is 11.2. The van der Waals surface area contributed by atoms with E-state index in [0.717, 1.165) is 114 Å². The highest BCUT2D eigenvalue weighted by Gasteiger charge is 2.21. The number of para-hydroxylation sites is 5. The van der Waals surface area contributed by atoms with E-state index in [2.05, 4.69) is 338 Å². The summed E-state index contributed by atoms with van der Waals surface area (Å²) in [4.78, 5) is 20.4. The Morgan fingerprint density at radius 2 is 0.810 bits per heavy atom. The highest BCUT2D eigenvalue weighted by Crippen LogP contribution is 2.42. The second kappa shape index (κ2) is 24.9. The van der Waals surface area contributed by atoms with Crippen molar-refractivity contribution in [1.29, 1.82) is 0 Å². The number of hydrogen-bond donors (Lipinski definition) is 0. The summed E-state index contributed by atoms with van der Waals surface area (Å²) in [5.74, 6) is 0. The Bertz CT molecular complexity index is 4220. The van der Waals surface area contributed by atoms with E-state index >= 15 is 0 Å². The van der Waals surface area contributed by atoms with Crippen LogP contribution in [0.4, 0.5) is 56.9 Å². The minimum atomic E-state index is 0.664. The summed E-state index contributed by atoms with van der Waals surface area (Å²) in [6.45, 7) is 10.9. The van der Waals surface area contributed by atoms with Gasteiger partial charge in [-0.2, -0.15) is 0 Å². The molecule has 0 fully saturated rings. The number of aromatic nitrogens is 2. The first-order chi connectivity index (χ1) is 41.5. The van der Waals surface area contributed by atoms with E-state index in [1.165, 1.54) is 16.7 Å². The van der Waals surface area contributed by atoms with Gasteiger partial charge < -0.3 is 19.6 Å². The Morgan fingerprint density at radius 1 is 0.369 bits per heavy atom. The predicted molar refractivity (Wildman–Crippen MR) is 357 cm³/mol. The quantitative estimate of drug-likeness (QED) is 0.0752. The molecule has 0 aliphatic rings. The molecule has 84 heavy (non-hydrogen) atoms. The fraction of sp³-hybridized carbons (Fsp3) is 0.0513. The maximum absolute atomic E-state index is 5.65. The van der Waals surface area contributed by atoms with E-state index in [1.807, 2.05) is 12.2 Å². The first-order valence-corrected chi connectivity index (χ1v) is 28.6. The molecular weight excluding hydrogens is 1020 g/mol. The van der Waals surface area contributed by atoms with Gasteiger partial charge in [0, 0.05) is 87.2 Å². The molecular formula is C78H64N6. The van der Waals surface area contributed by atoms with Crippen molar-refractivity contribution in [2.45, 2.75) is 13.3 Å². The van der Waals surface area contributed by atoms with Crippen LogP contribution in [0.2, 0.25) is 0 Å². The lowest BCUT2D eigenvalue weighted by Crippen LogP contribution is -2.18. The molecule has 0 radical (unpaired) electrons. The summed E-state index contributed by atoms with van der Waals surface area (Å²) < 4.78 is 0. The predicted octanol–water partition coefficient (Wildman–Crippen LogP) is 21.1. The highest BCUT2D eigenvalue weighted by atomic mass is 15.2. The molecule has 0 aliphatic carbocycles. The van der Waals surface area contributed by atoms with Crippen molar-refractivity contribution in [3.63, 3.8) is 0 Å². The molecule has 0 amide bonds. The molecule has 12 aromatic rings. The summed E-state index contributed by atoms with van der Waals surface area (Å²) in [6, 6.07) is 98.8. The smallest absolute Gasteiger partial charge is 0.0973 e. The van der Waals surface area contributed by atoms with Gasteiger partial charge in [-0.3, -0.25) is 0 Å². The molecule has 1 aromatic heterocycles. The molecule has 12 rings (SSSR count). The number of fused-ring (bicyclic) bond motifs is 1. The molecule has 6 nitrogen and oxygen atoms in total. The van der Waals surface area contributed by atoms with Crippen LogP contribution in [0, 0.1) is 0 Å². The second-order valence-electron chi connectivity index (χ2n) is 20.6. The first-order valence-electron chi connectivity index (χ1n) is 28.6. The minimum Gasteiger partial charge on any atom is -0.344 e. The minimum absolute atomic E-state index is 0.664. The number of nitrogens with zero attached hydrogens (tertiary/aromatic N) is 6. The molecule has 0 atom stereocenters. The van der Waals surface area contributed by atoms with Crippen LogP contribution in [0.15, 0.2) is 310 Å². The van der Waals surface area contributed by atoms with Crippen molar-refractivity contribution in [1.82, 2.24) is 9.97 Å². The van der Waals surface area contributed by atoms with Gasteiger partial charge in [-0.15, -0.1) is 13.2 Å². The summed E-state index contributed by atoms with van der Waals surface area (Å²) in [5, 5.41) is 0. The highest BCUT2D eigenvalue weighted by molar-refractivity contribution is 5.96. The topological polar surface area (TPSA) is 38.7 Å². The molecule has 0 saturated carbocycles. The maximum Gasteiger partial charge on any atom is 0.0973 e. The second-order valence-corrected chi connectivity index (χ2v) is 20.6. The molecule has 0 aliphatic heterocycles. The summed E-state index contributed by atoms with van der Waals surface area (Å²) in [5.41, 5.74) is 22.6. The zero-order chi connectivity index (χ0) is 57.2. The molecule has 0 unspecified atom stereocenters. The molecule has 0 spiro atoms. The largest absolute Gasteiger partial charge is 0.344 e. The number of benzene rings is 11. The lowest BCUT2D eigenvalue weighted by molar-refractivity contribution is 1.07. The summed E-state index contributed by atoms with van der Waals surface area (Å²) in [6.07, 6.45) is 8.92. The maximum atomic E-state index is 5.65. The van der Waals surface area contributed by atoms with E-state index in [-0.39, 0.29) is 0 Å². The van der Waals surface area contributed by atoms with Crippen molar-refractivity contribution in [2.75, 3.05) is 33.2 Å². The fourth-order valence-corrected chi connectivity index (χ4v) is 11.2. The summed E-state index contributed by atoms with van der Waals surface area (Å²) in [7, 11) is 2.12. The van der Waals surface area contributed by atoms with Crippen LogP contribution in [0.1, 0.15) is 18.1 Å². The van der Waals surface area contributed by atoms with Crippen LogP contribution in [0.25, 0.3) is 61.9 Å². The van der Waals surface area contributed by atoms with Gasteiger partial charge in [0.25, 0.3) is 0 Å². The number of anilines is 10. The third kappa shape index (κ3) is 11.3. The van der Waals surface area contributed by atoms with Crippen LogP contribution >= 0.6 is 0 Å². The number of allylic oxidation sites excluding steroid dienone is 2. The van der Waals surface area contributed by atoms with Crippen molar-refractivity contribution in [3.05, 3.63) is 322 Å². The Hall–Kier alpha value is -10.8. The van der Waals surface area contributed by atoms with Crippen molar-refractivity contribution < 1.29 is 0 Å². The molecule has 6 heteroatoms. The number of hydrogen-bond acceptors (Lipinski definition) is 6. The average molecular weight is 1090 g/mol. The van der Waals surface area contributed by atoms with Crippen LogP contribution in [0.5, 0.6) is 0 Å². The van der Waals surface area contributed by atoms with Gasteiger partial charge in [0.1, 0.15) is 0 Å². The third-order valence-electron chi connectivity index (χ3n) is 15.3. The van der Waals surface area contributed by atoms with Crippen LogP contribution in [-0.4, -0.2) is 23.6 Å².